The Labute approximate surface area is 84.3 Å². The number of nitrogen functional groups attached to an aromatic ring is 1. The molecule has 0 aliphatic heterocycles. The second kappa shape index (κ2) is 4.60. The van der Waals surface area contributed by atoms with Gasteiger partial charge in [-0.15, -0.1) is 0 Å². The molecule has 4 heteroatoms. The van der Waals surface area contributed by atoms with Crippen molar-refractivity contribution in [1.82, 2.24) is 4.98 Å². The van der Waals surface area contributed by atoms with Crippen LogP contribution < -0.4 is 10.6 Å². The van der Waals surface area contributed by atoms with Gasteiger partial charge in [-0.25, -0.2) is 4.98 Å². The van der Waals surface area contributed by atoms with Crippen molar-refractivity contribution < 1.29 is 0 Å². The number of nitrogens with two attached hydrogens (primary N) is 1. The van der Waals surface area contributed by atoms with Gasteiger partial charge in [-0.2, -0.15) is 0 Å². The number of pyridine rings is 1. The standard InChI is InChI=1S/C10H16N4/c1-3-6-14(2)9-7-8(10(11)12)4-5-13-9/h4-5,7H,3,6H2,1-2H3,(H3,11,12). The van der Waals surface area contributed by atoms with E-state index < -0.39 is 0 Å². The van der Waals surface area contributed by atoms with Crippen LogP contribution in [0, 0.1) is 5.41 Å². The van der Waals surface area contributed by atoms with Crippen molar-refractivity contribution in [3.63, 3.8) is 0 Å². The minimum Gasteiger partial charge on any atom is -0.384 e. The summed E-state index contributed by atoms with van der Waals surface area (Å²) in [6.45, 7) is 3.07. The van der Waals surface area contributed by atoms with E-state index in [1.165, 1.54) is 0 Å². The largest absolute Gasteiger partial charge is 0.384 e. The number of nitrogens with one attached hydrogen (secondary N) is 1. The highest BCUT2D eigenvalue weighted by Gasteiger charge is 2.03. The van der Waals surface area contributed by atoms with Gasteiger partial charge in [-0.1, -0.05) is 6.92 Å². The van der Waals surface area contributed by atoms with Crippen LogP contribution in [-0.2, 0) is 0 Å². The van der Waals surface area contributed by atoms with E-state index in [0.29, 0.717) is 0 Å². The average Bonchev–Trinajstić information content (AvgIpc) is 2.18. The lowest BCUT2D eigenvalue weighted by atomic mass is 10.2. The molecule has 0 radical (unpaired) electrons. The lowest BCUT2D eigenvalue weighted by Crippen LogP contribution is -2.20. The smallest absolute Gasteiger partial charge is 0.128 e. The molecule has 0 aliphatic carbocycles. The highest BCUT2D eigenvalue weighted by Crippen LogP contribution is 2.10. The highest BCUT2D eigenvalue weighted by molar-refractivity contribution is 5.95. The van der Waals surface area contributed by atoms with Crippen molar-refractivity contribution in [2.45, 2.75) is 13.3 Å². The van der Waals surface area contributed by atoms with E-state index in [2.05, 4.69) is 11.9 Å². The summed E-state index contributed by atoms with van der Waals surface area (Å²) in [5.74, 6) is 0.943. The molecule has 0 saturated carbocycles. The Bertz CT molecular complexity index is 322. The molecule has 4 nitrogen and oxygen atoms in total. The van der Waals surface area contributed by atoms with Gasteiger partial charge in [-0.05, 0) is 18.6 Å². The first kappa shape index (κ1) is 10.5. The van der Waals surface area contributed by atoms with Crippen LogP contribution in [0.4, 0.5) is 5.82 Å². The molecule has 1 heterocycles. The Balaban J connectivity index is 2.87. The van der Waals surface area contributed by atoms with Gasteiger partial charge in [0.25, 0.3) is 0 Å². The summed E-state index contributed by atoms with van der Waals surface area (Å²) in [4.78, 5) is 6.26. The van der Waals surface area contributed by atoms with Crippen molar-refractivity contribution >= 4 is 11.7 Å². The van der Waals surface area contributed by atoms with Crippen LogP contribution in [0.2, 0.25) is 0 Å². The zero-order valence-electron chi connectivity index (χ0n) is 8.62. The SMILES string of the molecule is CCCN(C)c1cc(C(=N)N)ccn1. The lowest BCUT2D eigenvalue weighted by Gasteiger charge is -2.17. The van der Waals surface area contributed by atoms with Crippen molar-refractivity contribution in [3.8, 4) is 0 Å². The molecule has 0 unspecified atom stereocenters. The van der Waals surface area contributed by atoms with E-state index in [1.54, 1.807) is 12.3 Å². The van der Waals surface area contributed by atoms with Crippen molar-refractivity contribution in [2.24, 2.45) is 5.73 Å². The molecule has 0 fully saturated rings. The number of nitrogens with zero attached hydrogens (tertiary/aromatic N) is 2. The molecule has 0 amide bonds. The zero-order chi connectivity index (χ0) is 10.6. The molecule has 0 atom stereocenters. The van der Waals surface area contributed by atoms with Gasteiger partial charge in [0.1, 0.15) is 11.7 Å². The van der Waals surface area contributed by atoms with E-state index in [4.69, 9.17) is 11.1 Å². The normalized spacial score (nSPS) is 9.86. The Hall–Kier alpha value is -1.58. The second-order valence-electron chi connectivity index (χ2n) is 3.24. The minimum absolute atomic E-state index is 0.0820. The van der Waals surface area contributed by atoms with Gasteiger partial charge in [-0.3, -0.25) is 5.41 Å². The summed E-state index contributed by atoms with van der Waals surface area (Å²) in [5, 5.41) is 7.31. The fourth-order valence-corrected chi connectivity index (χ4v) is 1.24. The van der Waals surface area contributed by atoms with Crippen LogP contribution in [0.3, 0.4) is 0 Å². The van der Waals surface area contributed by atoms with Crippen molar-refractivity contribution in [3.05, 3.63) is 23.9 Å². The van der Waals surface area contributed by atoms with Crippen molar-refractivity contribution in [1.29, 1.82) is 5.41 Å². The Morgan fingerprint density at radius 2 is 2.36 bits per heavy atom. The van der Waals surface area contributed by atoms with Gasteiger partial charge in [0.2, 0.25) is 0 Å². The Kier molecular flexibility index (Phi) is 3.45. The Morgan fingerprint density at radius 1 is 1.64 bits per heavy atom. The molecule has 1 aromatic rings. The average molecular weight is 192 g/mol. The maximum atomic E-state index is 7.31. The number of aromatic nitrogens is 1. The molecule has 3 N–H and O–H groups in total. The molecule has 1 aromatic heterocycles. The predicted octanol–water partition coefficient (Wildman–Crippen LogP) is 1.21. The number of rotatable bonds is 4. The molecule has 76 valence electrons. The first-order valence-electron chi connectivity index (χ1n) is 4.66. The number of hydrogen-bond donors (Lipinski definition) is 2. The summed E-state index contributed by atoms with van der Waals surface area (Å²) in [6, 6.07) is 3.57. The van der Waals surface area contributed by atoms with E-state index in [1.807, 2.05) is 18.0 Å². The summed E-state index contributed by atoms with van der Waals surface area (Å²) in [6.07, 6.45) is 2.75. The third kappa shape index (κ3) is 2.45. The summed E-state index contributed by atoms with van der Waals surface area (Å²) >= 11 is 0. The summed E-state index contributed by atoms with van der Waals surface area (Å²) in [7, 11) is 1.98. The van der Waals surface area contributed by atoms with E-state index in [0.717, 1.165) is 24.3 Å². The van der Waals surface area contributed by atoms with E-state index in [-0.39, 0.29) is 5.84 Å². The van der Waals surface area contributed by atoms with Crippen LogP contribution in [0.15, 0.2) is 18.3 Å². The molecule has 0 saturated heterocycles. The lowest BCUT2D eigenvalue weighted by molar-refractivity contribution is 0.837. The summed E-state index contributed by atoms with van der Waals surface area (Å²) in [5.41, 5.74) is 6.11. The first-order chi connectivity index (χ1) is 6.65. The molecule has 0 bridgehead atoms. The maximum absolute atomic E-state index is 7.31. The van der Waals surface area contributed by atoms with Gasteiger partial charge in [0, 0.05) is 25.4 Å². The number of amidine groups is 1. The van der Waals surface area contributed by atoms with Gasteiger partial charge < -0.3 is 10.6 Å². The van der Waals surface area contributed by atoms with Crippen molar-refractivity contribution in [2.75, 3.05) is 18.5 Å². The number of hydrogen-bond acceptors (Lipinski definition) is 3. The van der Waals surface area contributed by atoms with E-state index in [9.17, 15) is 0 Å². The van der Waals surface area contributed by atoms with Gasteiger partial charge in [0.15, 0.2) is 0 Å². The van der Waals surface area contributed by atoms with Gasteiger partial charge >= 0.3 is 0 Å². The van der Waals surface area contributed by atoms with Crippen LogP contribution >= 0.6 is 0 Å². The molecule has 0 aliphatic rings. The molecule has 0 spiro atoms. The zero-order valence-corrected chi connectivity index (χ0v) is 8.62. The highest BCUT2D eigenvalue weighted by atomic mass is 15.2. The van der Waals surface area contributed by atoms with Crippen LogP contribution in [0.5, 0.6) is 0 Å². The van der Waals surface area contributed by atoms with Crippen LogP contribution in [0.1, 0.15) is 18.9 Å². The predicted molar refractivity (Wildman–Crippen MR) is 58.8 cm³/mol. The molecule has 0 aromatic carbocycles. The fraction of sp³-hybridized carbons (Fsp3) is 0.400. The molecular weight excluding hydrogens is 176 g/mol. The minimum atomic E-state index is 0.0820. The molecular formula is C10H16N4. The topological polar surface area (TPSA) is 66.0 Å². The van der Waals surface area contributed by atoms with Gasteiger partial charge in [0.05, 0.1) is 0 Å². The Morgan fingerprint density at radius 3 is 2.93 bits per heavy atom. The van der Waals surface area contributed by atoms with E-state index >= 15 is 0 Å². The third-order valence-electron chi connectivity index (χ3n) is 2.01. The number of anilines is 1. The van der Waals surface area contributed by atoms with Crippen LogP contribution in [-0.4, -0.2) is 24.4 Å². The summed E-state index contributed by atoms with van der Waals surface area (Å²) < 4.78 is 0. The molecule has 1 rings (SSSR count). The molecule has 14 heavy (non-hydrogen) atoms. The fourth-order valence-electron chi connectivity index (χ4n) is 1.24. The first-order valence-corrected chi connectivity index (χ1v) is 4.66. The maximum Gasteiger partial charge on any atom is 0.128 e. The quantitative estimate of drug-likeness (QED) is 0.556. The van der Waals surface area contributed by atoms with Crippen LogP contribution in [0.25, 0.3) is 0 Å². The monoisotopic (exact) mass is 192 g/mol. The second-order valence-corrected chi connectivity index (χ2v) is 3.24. The third-order valence-corrected chi connectivity index (χ3v) is 2.01.